The molecule has 0 saturated heterocycles. The van der Waals surface area contributed by atoms with Crippen LogP contribution in [0, 0.1) is 17.5 Å². The molecule has 3 N–H and O–H groups in total. The van der Waals surface area contributed by atoms with Crippen molar-refractivity contribution in [3.8, 4) is 0 Å². The monoisotopic (exact) mass is 333 g/mol. The van der Waals surface area contributed by atoms with E-state index in [1.54, 1.807) is 20.8 Å². The molecule has 0 aliphatic rings. The molecule has 0 unspecified atom stereocenters. The van der Waals surface area contributed by atoms with Crippen molar-refractivity contribution >= 4 is 11.9 Å². The predicted molar refractivity (Wildman–Crippen MR) is 75.0 cm³/mol. The molecule has 0 spiro atoms. The lowest BCUT2D eigenvalue weighted by atomic mass is 9.88. The Hall–Kier alpha value is -2.09. The highest BCUT2D eigenvalue weighted by atomic mass is 19.2. The largest absolute Gasteiger partial charge is 0.481 e. The molecule has 1 aromatic carbocycles. The number of ether oxygens (including phenoxy) is 1. The number of nitrogens with two attached hydrogens (primary N) is 1. The first-order valence-corrected chi connectivity index (χ1v) is 6.71. The molecule has 0 heterocycles. The van der Waals surface area contributed by atoms with Gasteiger partial charge in [0.2, 0.25) is 0 Å². The lowest BCUT2D eigenvalue weighted by Crippen LogP contribution is -2.54. The van der Waals surface area contributed by atoms with Crippen LogP contribution < -0.4 is 5.73 Å². The summed E-state index contributed by atoms with van der Waals surface area (Å²) in [5, 5.41) is 8.93. The Labute approximate surface area is 131 Å². The Kier molecular flexibility index (Phi) is 5.42. The maximum Gasteiger partial charge on any atom is 0.327 e. The first kappa shape index (κ1) is 19.0. The topological polar surface area (TPSA) is 89.6 Å². The van der Waals surface area contributed by atoms with E-state index in [9.17, 15) is 22.8 Å². The van der Waals surface area contributed by atoms with Crippen LogP contribution in [0.15, 0.2) is 12.1 Å². The van der Waals surface area contributed by atoms with Gasteiger partial charge in [0.1, 0.15) is 17.0 Å². The molecular formula is C15H18F3NO4. The van der Waals surface area contributed by atoms with Gasteiger partial charge in [-0.25, -0.2) is 13.2 Å². The number of hydrogen-bond acceptors (Lipinski definition) is 4. The molecule has 1 rings (SSSR count). The molecule has 128 valence electrons. The minimum Gasteiger partial charge on any atom is -0.481 e. The van der Waals surface area contributed by atoms with E-state index in [-0.39, 0.29) is 0 Å². The van der Waals surface area contributed by atoms with E-state index in [0.29, 0.717) is 12.1 Å². The van der Waals surface area contributed by atoms with Crippen LogP contribution in [0.25, 0.3) is 0 Å². The second-order valence-corrected chi connectivity index (χ2v) is 6.26. The molecule has 5 nitrogen and oxygen atoms in total. The normalized spacial score (nSPS) is 14.2. The van der Waals surface area contributed by atoms with Crippen molar-refractivity contribution in [2.24, 2.45) is 5.73 Å². The van der Waals surface area contributed by atoms with Crippen molar-refractivity contribution in [1.29, 1.82) is 0 Å². The van der Waals surface area contributed by atoms with Crippen LogP contribution >= 0.6 is 0 Å². The Balaban J connectivity index is 3.19. The lowest BCUT2D eigenvalue weighted by Gasteiger charge is -2.30. The van der Waals surface area contributed by atoms with Crippen LogP contribution in [0.2, 0.25) is 0 Å². The van der Waals surface area contributed by atoms with Gasteiger partial charge in [0.05, 0.1) is 6.42 Å². The third kappa shape index (κ3) is 5.24. The number of benzene rings is 1. The fraction of sp³-hybridized carbons (Fsp3) is 0.467. The highest BCUT2D eigenvalue weighted by Gasteiger charge is 2.41. The average molecular weight is 333 g/mol. The van der Waals surface area contributed by atoms with E-state index < -0.39 is 58.9 Å². The van der Waals surface area contributed by atoms with Gasteiger partial charge < -0.3 is 15.6 Å². The smallest absolute Gasteiger partial charge is 0.327 e. The molecule has 1 atom stereocenters. The molecule has 23 heavy (non-hydrogen) atoms. The Morgan fingerprint density at radius 3 is 2.13 bits per heavy atom. The number of halogens is 3. The van der Waals surface area contributed by atoms with E-state index in [1.807, 2.05) is 0 Å². The SMILES string of the molecule is CC(C)(C)OC(=O)[C@](N)(CC(=O)O)Cc1cc(F)c(F)cc1F. The second-order valence-electron chi connectivity index (χ2n) is 6.26. The van der Waals surface area contributed by atoms with Crippen LogP contribution in [-0.4, -0.2) is 28.2 Å². The van der Waals surface area contributed by atoms with Gasteiger partial charge in [0.15, 0.2) is 11.6 Å². The number of rotatable bonds is 5. The fourth-order valence-electron chi connectivity index (χ4n) is 1.90. The van der Waals surface area contributed by atoms with E-state index >= 15 is 0 Å². The van der Waals surface area contributed by atoms with Gasteiger partial charge in [0, 0.05) is 12.5 Å². The van der Waals surface area contributed by atoms with Crippen LogP contribution in [0.3, 0.4) is 0 Å². The molecule has 8 heteroatoms. The third-order valence-electron chi connectivity index (χ3n) is 2.87. The van der Waals surface area contributed by atoms with Gasteiger partial charge in [-0.2, -0.15) is 0 Å². The quantitative estimate of drug-likeness (QED) is 0.637. The Bertz CT molecular complexity index is 628. The van der Waals surface area contributed by atoms with Crippen molar-refractivity contribution in [2.45, 2.75) is 44.8 Å². The average Bonchev–Trinajstić information content (AvgIpc) is 2.32. The zero-order chi connectivity index (χ0) is 18.0. The van der Waals surface area contributed by atoms with Gasteiger partial charge in [0.25, 0.3) is 0 Å². The number of carbonyl (C=O) groups is 2. The molecule has 1 aromatic rings. The number of esters is 1. The molecule has 0 saturated carbocycles. The number of carbonyl (C=O) groups excluding carboxylic acids is 1. The fourth-order valence-corrected chi connectivity index (χ4v) is 1.90. The minimum atomic E-state index is -2.12. The zero-order valence-corrected chi connectivity index (χ0v) is 13.0. The van der Waals surface area contributed by atoms with E-state index in [4.69, 9.17) is 15.6 Å². The molecule has 0 aliphatic heterocycles. The first-order valence-electron chi connectivity index (χ1n) is 6.71. The number of aliphatic carboxylic acids is 1. The van der Waals surface area contributed by atoms with Crippen molar-refractivity contribution in [2.75, 3.05) is 0 Å². The van der Waals surface area contributed by atoms with Gasteiger partial charge in [-0.3, -0.25) is 9.59 Å². The summed E-state index contributed by atoms with van der Waals surface area (Å²) in [5.41, 5.74) is 2.31. The van der Waals surface area contributed by atoms with Crippen LogP contribution in [0.5, 0.6) is 0 Å². The third-order valence-corrected chi connectivity index (χ3v) is 2.87. The number of hydrogen-bond donors (Lipinski definition) is 2. The van der Waals surface area contributed by atoms with Gasteiger partial charge in [-0.05, 0) is 32.4 Å². The summed E-state index contributed by atoms with van der Waals surface area (Å²) in [6.45, 7) is 4.64. The minimum absolute atomic E-state index is 0.306. The number of carboxylic acid groups (broad SMARTS) is 1. The highest BCUT2D eigenvalue weighted by molar-refractivity contribution is 5.86. The summed E-state index contributed by atoms with van der Waals surface area (Å²) < 4.78 is 45.0. The summed E-state index contributed by atoms with van der Waals surface area (Å²) in [7, 11) is 0. The van der Waals surface area contributed by atoms with Crippen LogP contribution in [0.4, 0.5) is 13.2 Å². The number of carboxylic acids is 1. The summed E-state index contributed by atoms with van der Waals surface area (Å²) in [4.78, 5) is 23.1. The Morgan fingerprint density at radius 1 is 1.13 bits per heavy atom. The molecule has 0 bridgehead atoms. The van der Waals surface area contributed by atoms with Crippen LogP contribution in [0.1, 0.15) is 32.8 Å². The standard InChI is InChI=1S/C15H18F3NO4/c1-14(2,3)23-13(22)15(19,7-12(20)21)6-8-4-10(17)11(18)5-9(8)16/h4-5H,6-7,19H2,1-3H3,(H,20,21)/t15-/m1/s1. The van der Waals surface area contributed by atoms with Crippen molar-refractivity contribution in [3.63, 3.8) is 0 Å². The second kappa shape index (κ2) is 6.57. The van der Waals surface area contributed by atoms with Gasteiger partial charge >= 0.3 is 11.9 Å². The van der Waals surface area contributed by atoms with Crippen LogP contribution in [-0.2, 0) is 20.7 Å². The molecular weight excluding hydrogens is 315 g/mol. The summed E-state index contributed by atoms with van der Waals surface area (Å²) in [6.07, 6.45) is -1.52. The van der Waals surface area contributed by atoms with Crippen molar-refractivity contribution in [1.82, 2.24) is 0 Å². The highest BCUT2D eigenvalue weighted by Crippen LogP contribution is 2.23. The molecule has 0 aromatic heterocycles. The summed E-state index contributed by atoms with van der Waals surface area (Å²) in [5.74, 6) is -6.35. The maximum absolute atomic E-state index is 13.7. The lowest BCUT2D eigenvalue weighted by molar-refractivity contribution is -0.164. The van der Waals surface area contributed by atoms with Crippen molar-refractivity contribution in [3.05, 3.63) is 35.1 Å². The van der Waals surface area contributed by atoms with E-state index in [0.717, 1.165) is 0 Å². The Morgan fingerprint density at radius 2 is 1.65 bits per heavy atom. The first-order chi connectivity index (χ1) is 10.3. The molecule has 0 amide bonds. The van der Waals surface area contributed by atoms with Crippen molar-refractivity contribution < 1.29 is 32.6 Å². The van der Waals surface area contributed by atoms with E-state index in [2.05, 4.69) is 0 Å². The molecule has 0 aliphatic carbocycles. The summed E-state index contributed by atoms with van der Waals surface area (Å²) >= 11 is 0. The van der Waals surface area contributed by atoms with E-state index in [1.165, 1.54) is 0 Å². The molecule has 0 radical (unpaired) electrons. The summed E-state index contributed by atoms with van der Waals surface area (Å²) in [6, 6.07) is 0.847. The van der Waals surface area contributed by atoms with Gasteiger partial charge in [-0.1, -0.05) is 0 Å². The van der Waals surface area contributed by atoms with Gasteiger partial charge in [-0.15, -0.1) is 0 Å². The predicted octanol–water partition coefficient (Wildman–Crippen LogP) is 2.16. The maximum atomic E-state index is 13.7. The molecule has 0 fully saturated rings. The zero-order valence-electron chi connectivity index (χ0n) is 13.0.